The molecular formula is C11H8FNO5. The minimum atomic E-state index is -1.46. The molecule has 0 aromatic heterocycles. The normalized spacial score (nSPS) is 15.3. The highest BCUT2D eigenvalue weighted by atomic mass is 19.1. The third kappa shape index (κ3) is 1.69. The fraction of sp³-hybridized carbons (Fsp3) is 0.182. The van der Waals surface area contributed by atoms with Crippen LogP contribution in [-0.2, 0) is 9.59 Å². The zero-order valence-electron chi connectivity index (χ0n) is 9.01. The van der Waals surface area contributed by atoms with Gasteiger partial charge in [0, 0.05) is 12.8 Å². The van der Waals surface area contributed by atoms with Crippen molar-refractivity contribution in [2.24, 2.45) is 0 Å². The second-order valence-electron chi connectivity index (χ2n) is 3.72. The molecule has 0 aliphatic carbocycles. The summed E-state index contributed by atoms with van der Waals surface area (Å²) in [7, 11) is 0. The zero-order chi connectivity index (χ0) is 13.4. The van der Waals surface area contributed by atoms with E-state index < -0.39 is 40.6 Å². The number of halogens is 1. The van der Waals surface area contributed by atoms with Crippen LogP contribution in [0.2, 0.25) is 0 Å². The molecule has 18 heavy (non-hydrogen) atoms. The SMILES string of the molecule is O=C(O)c1ccc(F)c(O)c1N1C(=O)CCC1=O. The van der Waals surface area contributed by atoms with E-state index in [-0.39, 0.29) is 12.8 Å². The molecule has 2 rings (SSSR count). The standard InChI is InChI=1S/C11H8FNO5/c12-6-2-1-5(11(17)18)9(10(6)16)13-7(14)3-4-8(13)15/h1-2,16H,3-4H2,(H,17,18). The van der Waals surface area contributed by atoms with Gasteiger partial charge in [0.1, 0.15) is 5.69 Å². The first-order valence-electron chi connectivity index (χ1n) is 5.04. The Labute approximate surface area is 100 Å². The third-order valence-corrected chi connectivity index (χ3v) is 2.61. The number of carboxylic acids is 1. The van der Waals surface area contributed by atoms with Gasteiger partial charge >= 0.3 is 5.97 Å². The number of carbonyl (C=O) groups is 3. The minimum Gasteiger partial charge on any atom is -0.503 e. The van der Waals surface area contributed by atoms with Crippen molar-refractivity contribution in [2.75, 3.05) is 4.90 Å². The molecule has 1 saturated heterocycles. The number of hydrogen-bond donors (Lipinski definition) is 2. The Morgan fingerprint density at radius 1 is 1.22 bits per heavy atom. The molecule has 1 aliphatic rings. The van der Waals surface area contributed by atoms with Crippen molar-refractivity contribution < 1.29 is 29.0 Å². The first-order valence-corrected chi connectivity index (χ1v) is 5.04. The Kier molecular flexibility index (Phi) is 2.74. The van der Waals surface area contributed by atoms with Gasteiger partial charge in [0.05, 0.1) is 5.56 Å². The topological polar surface area (TPSA) is 94.9 Å². The van der Waals surface area contributed by atoms with Crippen molar-refractivity contribution in [2.45, 2.75) is 12.8 Å². The number of nitrogens with zero attached hydrogens (tertiary/aromatic N) is 1. The number of aromatic hydroxyl groups is 1. The van der Waals surface area contributed by atoms with Gasteiger partial charge in [-0.1, -0.05) is 0 Å². The number of amides is 2. The summed E-state index contributed by atoms with van der Waals surface area (Å²) in [6, 6.07) is 1.65. The molecule has 1 aliphatic heterocycles. The highest BCUT2D eigenvalue weighted by Gasteiger charge is 2.35. The second kappa shape index (κ2) is 4.10. The number of phenolic OH excluding ortho intramolecular Hbond substituents is 1. The first-order chi connectivity index (χ1) is 8.43. The Bertz CT molecular complexity index is 553. The van der Waals surface area contributed by atoms with Gasteiger partial charge in [-0.15, -0.1) is 0 Å². The van der Waals surface area contributed by atoms with Crippen LogP contribution < -0.4 is 4.90 Å². The van der Waals surface area contributed by atoms with Crippen molar-refractivity contribution in [3.05, 3.63) is 23.5 Å². The largest absolute Gasteiger partial charge is 0.503 e. The van der Waals surface area contributed by atoms with Crippen molar-refractivity contribution in [3.8, 4) is 5.75 Å². The zero-order valence-corrected chi connectivity index (χ0v) is 9.01. The number of anilines is 1. The Morgan fingerprint density at radius 3 is 2.28 bits per heavy atom. The number of phenols is 1. The maximum atomic E-state index is 13.2. The lowest BCUT2D eigenvalue weighted by molar-refractivity contribution is -0.121. The molecular weight excluding hydrogens is 245 g/mol. The van der Waals surface area contributed by atoms with Crippen LogP contribution in [0, 0.1) is 5.82 Å². The van der Waals surface area contributed by atoms with Crippen molar-refractivity contribution in [1.29, 1.82) is 0 Å². The molecule has 94 valence electrons. The summed E-state index contributed by atoms with van der Waals surface area (Å²) < 4.78 is 13.2. The molecule has 0 unspecified atom stereocenters. The third-order valence-electron chi connectivity index (χ3n) is 2.61. The highest BCUT2D eigenvalue weighted by Crippen LogP contribution is 2.36. The van der Waals surface area contributed by atoms with Gasteiger partial charge in [-0.25, -0.2) is 14.1 Å². The molecule has 1 aromatic carbocycles. The Morgan fingerprint density at radius 2 is 1.78 bits per heavy atom. The van der Waals surface area contributed by atoms with Gasteiger partial charge in [0.2, 0.25) is 11.8 Å². The van der Waals surface area contributed by atoms with E-state index in [1.165, 1.54) is 0 Å². The molecule has 0 atom stereocenters. The van der Waals surface area contributed by atoms with Gasteiger partial charge in [-0.3, -0.25) is 9.59 Å². The van der Waals surface area contributed by atoms with Crippen LogP contribution in [0.3, 0.4) is 0 Å². The van der Waals surface area contributed by atoms with E-state index in [1.54, 1.807) is 0 Å². The number of carboxylic acid groups (broad SMARTS) is 1. The maximum Gasteiger partial charge on any atom is 0.337 e. The molecule has 1 fully saturated rings. The van der Waals surface area contributed by atoms with Crippen molar-refractivity contribution >= 4 is 23.5 Å². The van der Waals surface area contributed by atoms with Gasteiger partial charge in [-0.05, 0) is 12.1 Å². The molecule has 7 heteroatoms. The lowest BCUT2D eigenvalue weighted by Crippen LogP contribution is -2.30. The first kappa shape index (κ1) is 12.0. The van der Waals surface area contributed by atoms with Gasteiger partial charge in [-0.2, -0.15) is 0 Å². The molecule has 1 aromatic rings. The van der Waals surface area contributed by atoms with Crippen LogP contribution in [0.25, 0.3) is 0 Å². The molecule has 2 N–H and O–H groups in total. The van der Waals surface area contributed by atoms with E-state index in [9.17, 15) is 23.9 Å². The van der Waals surface area contributed by atoms with E-state index in [0.717, 1.165) is 12.1 Å². The van der Waals surface area contributed by atoms with E-state index in [1.807, 2.05) is 0 Å². The molecule has 1 heterocycles. The summed E-state index contributed by atoms with van der Waals surface area (Å²) in [6.45, 7) is 0. The molecule has 2 amide bonds. The molecule has 6 nitrogen and oxygen atoms in total. The second-order valence-corrected chi connectivity index (χ2v) is 3.72. The Balaban J connectivity index is 2.68. The summed E-state index contributed by atoms with van der Waals surface area (Å²) >= 11 is 0. The number of aromatic carboxylic acids is 1. The van der Waals surface area contributed by atoms with Gasteiger partial charge < -0.3 is 10.2 Å². The predicted molar refractivity (Wildman–Crippen MR) is 56.8 cm³/mol. The number of hydrogen-bond acceptors (Lipinski definition) is 4. The quantitative estimate of drug-likeness (QED) is 0.763. The molecule has 0 radical (unpaired) electrons. The van der Waals surface area contributed by atoms with Crippen LogP contribution in [0.4, 0.5) is 10.1 Å². The lowest BCUT2D eigenvalue weighted by Gasteiger charge is -2.17. The summed E-state index contributed by atoms with van der Waals surface area (Å²) in [5.41, 5.74) is -1.10. The molecule has 0 spiro atoms. The van der Waals surface area contributed by atoms with Crippen LogP contribution >= 0.6 is 0 Å². The smallest absolute Gasteiger partial charge is 0.337 e. The summed E-state index contributed by atoms with van der Waals surface area (Å²) in [5.74, 6) is -4.90. The van der Waals surface area contributed by atoms with Crippen molar-refractivity contribution in [3.63, 3.8) is 0 Å². The van der Waals surface area contributed by atoms with Crippen LogP contribution in [0.1, 0.15) is 23.2 Å². The number of rotatable bonds is 2. The average molecular weight is 253 g/mol. The van der Waals surface area contributed by atoms with E-state index in [0.29, 0.717) is 4.90 Å². The number of imide groups is 1. The number of carbonyl (C=O) groups excluding carboxylic acids is 2. The Hall–Kier alpha value is -2.44. The van der Waals surface area contributed by atoms with Crippen LogP contribution in [0.15, 0.2) is 12.1 Å². The minimum absolute atomic E-state index is 0.0894. The average Bonchev–Trinajstić information content (AvgIpc) is 2.62. The molecule has 0 bridgehead atoms. The van der Waals surface area contributed by atoms with Crippen molar-refractivity contribution in [1.82, 2.24) is 0 Å². The van der Waals surface area contributed by atoms with Gasteiger partial charge in [0.15, 0.2) is 11.6 Å². The summed E-state index contributed by atoms with van der Waals surface area (Å²) in [4.78, 5) is 34.5. The number of benzene rings is 1. The lowest BCUT2D eigenvalue weighted by atomic mass is 10.1. The maximum absolute atomic E-state index is 13.2. The van der Waals surface area contributed by atoms with E-state index in [4.69, 9.17) is 5.11 Å². The van der Waals surface area contributed by atoms with Gasteiger partial charge in [0.25, 0.3) is 0 Å². The van der Waals surface area contributed by atoms with Crippen LogP contribution in [0.5, 0.6) is 5.75 Å². The fourth-order valence-corrected chi connectivity index (χ4v) is 1.78. The highest BCUT2D eigenvalue weighted by molar-refractivity contribution is 6.22. The monoisotopic (exact) mass is 253 g/mol. The van der Waals surface area contributed by atoms with E-state index >= 15 is 0 Å². The summed E-state index contributed by atoms with van der Waals surface area (Å²) in [5, 5.41) is 18.5. The summed E-state index contributed by atoms with van der Waals surface area (Å²) in [6.07, 6.45) is -0.179. The predicted octanol–water partition coefficient (Wildman–Crippen LogP) is 0.883. The van der Waals surface area contributed by atoms with E-state index in [2.05, 4.69) is 0 Å². The fourth-order valence-electron chi connectivity index (χ4n) is 1.78. The van der Waals surface area contributed by atoms with Crippen LogP contribution in [-0.4, -0.2) is 28.0 Å². The molecule has 0 saturated carbocycles.